The summed E-state index contributed by atoms with van der Waals surface area (Å²) in [6.45, 7) is 1.55. The number of carbonyl (C=O) groups is 1. The van der Waals surface area contributed by atoms with Crippen LogP contribution in [0.5, 0.6) is 11.5 Å². The Kier molecular flexibility index (Phi) is 8.76. The van der Waals surface area contributed by atoms with Crippen molar-refractivity contribution in [2.75, 3.05) is 20.7 Å². The van der Waals surface area contributed by atoms with Crippen molar-refractivity contribution >= 4 is 18.4 Å². The summed E-state index contributed by atoms with van der Waals surface area (Å²) in [7, 11) is 3.49. The number of aliphatic carboxylic acids is 1. The number of methoxy groups -OCH3 is 1. The maximum absolute atomic E-state index is 10.4. The quantitative estimate of drug-likeness (QED) is 0.722. The highest BCUT2D eigenvalue weighted by atomic mass is 35.5. The predicted octanol–water partition coefficient (Wildman–Crippen LogP) is 2.51. The van der Waals surface area contributed by atoms with E-state index in [4.69, 9.17) is 9.84 Å². The Morgan fingerprint density at radius 2 is 2.05 bits per heavy atom. The van der Waals surface area contributed by atoms with E-state index in [1.807, 2.05) is 13.1 Å². The number of nitrogens with zero attached hydrogens (tertiary/aromatic N) is 1. The second kappa shape index (κ2) is 9.44. The van der Waals surface area contributed by atoms with Gasteiger partial charge in [-0.2, -0.15) is 0 Å². The van der Waals surface area contributed by atoms with Crippen LogP contribution in [-0.4, -0.2) is 41.8 Å². The van der Waals surface area contributed by atoms with Gasteiger partial charge in [-0.25, -0.2) is 0 Å². The van der Waals surface area contributed by atoms with E-state index in [1.54, 1.807) is 12.1 Å². The van der Waals surface area contributed by atoms with Crippen LogP contribution in [0.15, 0.2) is 18.2 Å². The Morgan fingerprint density at radius 1 is 1.35 bits per heavy atom. The van der Waals surface area contributed by atoms with Gasteiger partial charge in [0.05, 0.1) is 7.11 Å². The number of rotatable bonds is 8. The van der Waals surface area contributed by atoms with Crippen molar-refractivity contribution < 1.29 is 19.7 Å². The van der Waals surface area contributed by atoms with Gasteiger partial charge in [0.15, 0.2) is 11.5 Å². The minimum absolute atomic E-state index is 0. The first-order valence-electron chi connectivity index (χ1n) is 6.29. The Bertz CT molecular complexity index is 426. The van der Waals surface area contributed by atoms with Crippen molar-refractivity contribution in [3.63, 3.8) is 0 Å². The average Bonchev–Trinajstić information content (AvgIpc) is 2.35. The molecular weight excluding hydrogens is 282 g/mol. The van der Waals surface area contributed by atoms with Gasteiger partial charge in [-0.15, -0.1) is 12.4 Å². The molecule has 0 aliphatic carbocycles. The zero-order valence-corrected chi connectivity index (χ0v) is 12.7. The fourth-order valence-corrected chi connectivity index (χ4v) is 1.88. The smallest absolute Gasteiger partial charge is 0.303 e. The third-order valence-corrected chi connectivity index (χ3v) is 2.88. The first kappa shape index (κ1) is 18.5. The van der Waals surface area contributed by atoms with Crippen molar-refractivity contribution in [1.82, 2.24) is 4.90 Å². The summed E-state index contributed by atoms with van der Waals surface area (Å²) in [4.78, 5) is 12.5. The Morgan fingerprint density at radius 3 is 2.60 bits per heavy atom. The van der Waals surface area contributed by atoms with Gasteiger partial charge in [-0.1, -0.05) is 6.07 Å². The van der Waals surface area contributed by atoms with Crippen LogP contribution in [0.25, 0.3) is 0 Å². The fourth-order valence-electron chi connectivity index (χ4n) is 1.88. The molecule has 0 bridgehead atoms. The lowest BCUT2D eigenvalue weighted by Gasteiger charge is -2.17. The topological polar surface area (TPSA) is 70.0 Å². The molecule has 0 aliphatic rings. The van der Waals surface area contributed by atoms with Crippen LogP contribution in [0.1, 0.15) is 24.8 Å². The highest BCUT2D eigenvalue weighted by Crippen LogP contribution is 2.26. The maximum Gasteiger partial charge on any atom is 0.303 e. The van der Waals surface area contributed by atoms with E-state index in [0.717, 1.165) is 18.5 Å². The van der Waals surface area contributed by atoms with E-state index in [0.29, 0.717) is 18.7 Å². The molecule has 0 atom stereocenters. The molecule has 0 spiro atoms. The third-order valence-electron chi connectivity index (χ3n) is 2.88. The number of hydrogen-bond acceptors (Lipinski definition) is 4. The number of ether oxygens (including phenoxy) is 1. The second-order valence-electron chi connectivity index (χ2n) is 4.59. The van der Waals surface area contributed by atoms with E-state index in [2.05, 4.69) is 4.90 Å². The molecule has 6 heteroatoms. The van der Waals surface area contributed by atoms with Gasteiger partial charge in [0.1, 0.15) is 0 Å². The van der Waals surface area contributed by atoms with E-state index in [1.165, 1.54) is 7.11 Å². The summed E-state index contributed by atoms with van der Waals surface area (Å²) < 4.78 is 4.99. The van der Waals surface area contributed by atoms with Gasteiger partial charge in [0, 0.05) is 13.0 Å². The zero-order valence-electron chi connectivity index (χ0n) is 11.8. The number of phenols is 1. The molecule has 0 heterocycles. The minimum atomic E-state index is -0.747. The van der Waals surface area contributed by atoms with Crippen LogP contribution < -0.4 is 4.74 Å². The summed E-state index contributed by atoms with van der Waals surface area (Å²) in [6.07, 6.45) is 1.76. The van der Waals surface area contributed by atoms with Gasteiger partial charge in [0.2, 0.25) is 0 Å². The number of carboxylic acids is 1. The van der Waals surface area contributed by atoms with Crippen LogP contribution in [0, 0.1) is 0 Å². The Labute approximate surface area is 125 Å². The van der Waals surface area contributed by atoms with Crippen LogP contribution in [0.4, 0.5) is 0 Å². The number of aromatic hydroxyl groups is 1. The van der Waals surface area contributed by atoms with Crippen LogP contribution in [0.3, 0.4) is 0 Å². The minimum Gasteiger partial charge on any atom is -0.504 e. The summed E-state index contributed by atoms with van der Waals surface area (Å²) in [5.74, 6) is -0.144. The molecule has 5 nitrogen and oxygen atoms in total. The van der Waals surface area contributed by atoms with E-state index in [-0.39, 0.29) is 24.6 Å². The molecule has 2 N–H and O–H groups in total. The Hall–Kier alpha value is -1.46. The van der Waals surface area contributed by atoms with Crippen LogP contribution >= 0.6 is 12.4 Å². The largest absolute Gasteiger partial charge is 0.504 e. The number of phenolic OH excluding ortho intramolecular Hbond substituents is 1. The van der Waals surface area contributed by atoms with Crippen molar-refractivity contribution in [3.8, 4) is 11.5 Å². The molecule has 0 fully saturated rings. The number of benzene rings is 1. The molecule has 1 aromatic rings. The SMILES string of the molecule is COc1ccc(CN(C)CCCCC(=O)O)cc1O.Cl. The normalized spacial score (nSPS) is 10.2. The molecule has 0 aromatic heterocycles. The fraction of sp³-hybridized carbons (Fsp3) is 0.500. The molecule has 114 valence electrons. The van der Waals surface area contributed by atoms with Gasteiger partial charge >= 0.3 is 5.97 Å². The molecule has 0 saturated carbocycles. The average molecular weight is 304 g/mol. The molecule has 0 amide bonds. The lowest BCUT2D eigenvalue weighted by Crippen LogP contribution is -2.19. The Balaban J connectivity index is 0.00000361. The molecular formula is C14H22ClNO4. The summed E-state index contributed by atoms with van der Waals surface area (Å²) >= 11 is 0. The molecule has 1 aromatic carbocycles. The standard InChI is InChI=1S/C14H21NO4.ClH/c1-15(8-4-3-5-14(17)18)10-11-6-7-13(19-2)12(16)9-11;/h6-7,9,16H,3-5,8,10H2,1-2H3,(H,17,18);1H. The van der Waals surface area contributed by atoms with Gasteiger partial charge < -0.3 is 19.8 Å². The lowest BCUT2D eigenvalue weighted by molar-refractivity contribution is -0.137. The summed E-state index contributed by atoms with van der Waals surface area (Å²) in [5, 5.41) is 18.2. The number of hydrogen-bond donors (Lipinski definition) is 2. The summed E-state index contributed by atoms with van der Waals surface area (Å²) in [5.41, 5.74) is 0.999. The van der Waals surface area contributed by atoms with Crippen molar-refractivity contribution in [1.29, 1.82) is 0 Å². The third kappa shape index (κ3) is 6.63. The number of halogens is 1. The monoisotopic (exact) mass is 303 g/mol. The zero-order chi connectivity index (χ0) is 14.3. The lowest BCUT2D eigenvalue weighted by atomic mass is 10.1. The molecule has 0 aliphatic heterocycles. The van der Waals surface area contributed by atoms with Crippen molar-refractivity contribution in [2.24, 2.45) is 0 Å². The highest BCUT2D eigenvalue weighted by Gasteiger charge is 2.05. The van der Waals surface area contributed by atoms with E-state index < -0.39 is 5.97 Å². The maximum atomic E-state index is 10.4. The van der Waals surface area contributed by atoms with Crippen molar-refractivity contribution in [3.05, 3.63) is 23.8 Å². The molecule has 0 saturated heterocycles. The molecule has 20 heavy (non-hydrogen) atoms. The number of unbranched alkanes of at least 4 members (excludes halogenated alkanes) is 1. The molecule has 0 radical (unpaired) electrons. The molecule has 1 rings (SSSR count). The predicted molar refractivity (Wildman–Crippen MR) is 79.7 cm³/mol. The number of carboxylic acid groups (broad SMARTS) is 1. The second-order valence-corrected chi connectivity index (χ2v) is 4.59. The van der Waals surface area contributed by atoms with Gasteiger partial charge in [-0.05, 0) is 44.1 Å². The highest BCUT2D eigenvalue weighted by molar-refractivity contribution is 5.85. The first-order chi connectivity index (χ1) is 9.02. The summed E-state index contributed by atoms with van der Waals surface area (Å²) in [6, 6.07) is 5.34. The van der Waals surface area contributed by atoms with Gasteiger partial charge in [-0.3, -0.25) is 4.79 Å². The van der Waals surface area contributed by atoms with E-state index >= 15 is 0 Å². The van der Waals surface area contributed by atoms with Gasteiger partial charge in [0.25, 0.3) is 0 Å². The van der Waals surface area contributed by atoms with Crippen LogP contribution in [0.2, 0.25) is 0 Å². The van der Waals surface area contributed by atoms with Crippen molar-refractivity contribution in [2.45, 2.75) is 25.8 Å². The molecule has 0 unspecified atom stereocenters. The first-order valence-corrected chi connectivity index (χ1v) is 6.29. The van der Waals surface area contributed by atoms with Crippen LogP contribution in [-0.2, 0) is 11.3 Å². The van der Waals surface area contributed by atoms with E-state index in [9.17, 15) is 9.90 Å².